The molecule has 2 aromatic rings. The second-order valence-corrected chi connectivity index (χ2v) is 6.14. The number of para-hydroxylation sites is 1. The summed E-state index contributed by atoms with van der Waals surface area (Å²) in [5.74, 6) is 1.95. The lowest BCUT2D eigenvalue weighted by Gasteiger charge is -2.35. The molecule has 0 amide bonds. The van der Waals surface area contributed by atoms with E-state index in [9.17, 15) is 0 Å². The summed E-state index contributed by atoms with van der Waals surface area (Å²) in [4.78, 5) is 10.3. The van der Waals surface area contributed by atoms with Gasteiger partial charge >= 0.3 is 0 Å². The number of imidazole rings is 1. The standard InChI is InChI=1S/C18H21N3O2/c1-13-9-19-18(20-13)16-12-22-7-6-21(16)10-14-8-15-4-2-3-5-17(15)23-11-14/h2-5,8-9,16H,6-7,10-12H2,1H3,(H,19,20). The number of fused-ring (bicyclic) bond motifs is 1. The lowest BCUT2D eigenvalue weighted by molar-refractivity contribution is -0.00748. The van der Waals surface area contributed by atoms with Crippen LogP contribution in [-0.2, 0) is 4.74 Å². The van der Waals surface area contributed by atoms with E-state index in [-0.39, 0.29) is 6.04 Å². The van der Waals surface area contributed by atoms with E-state index in [4.69, 9.17) is 9.47 Å². The summed E-state index contributed by atoms with van der Waals surface area (Å²) in [7, 11) is 0. The maximum absolute atomic E-state index is 5.87. The van der Waals surface area contributed by atoms with Crippen molar-refractivity contribution in [2.45, 2.75) is 13.0 Å². The number of hydrogen-bond donors (Lipinski definition) is 1. The summed E-state index contributed by atoms with van der Waals surface area (Å²) in [5.41, 5.74) is 3.53. The predicted molar refractivity (Wildman–Crippen MR) is 88.4 cm³/mol. The Morgan fingerprint density at radius 2 is 2.26 bits per heavy atom. The number of H-pyrrole nitrogens is 1. The monoisotopic (exact) mass is 311 g/mol. The largest absolute Gasteiger partial charge is 0.489 e. The fourth-order valence-electron chi connectivity index (χ4n) is 3.20. The molecule has 2 aliphatic heterocycles. The summed E-state index contributed by atoms with van der Waals surface area (Å²) in [6.45, 7) is 5.90. The minimum absolute atomic E-state index is 0.176. The molecule has 5 nitrogen and oxygen atoms in total. The molecule has 5 heteroatoms. The maximum Gasteiger partial charge on any atom is 0.127 e. The SMILES string of the molecule is Cc1cnc(C2COCCN2CC2=Cc3ccccc3OC2)[nH]1. The molecule has 1 atom stereocenters. The molecule has 3 heterocycles. The van der Waals surface area contributed by atoms with Gasteiger partial charge in [0, 0.05) is 30.5 Å². The third-order valence-electron chi connectivity index (χ3n) is 4.38. The Labute approximate surface area is 135 Å². The van der Waals surface area contributed by atoms with Gasteiger partial charge in [0.25, 0.3) is 0 Å². The van der Waals surface area contributed by atoms with Crippen molar-refractivity contribution in [1.82, 2.24) is 14.9 Å². The molecule has 1 aromatic heterocycles. The van der Waals surface area contributed by atoms with E-state index in [0.29, 0.717) is 13.2 Å². The lowest BCUT2D eigenvalue weighted by atomic mass is 10.1. The Hall–Kier alpha value is -2.11. The zero-order valence-electron chi connectivity index (χ0n) is 13.3. The van der Waals surface area contributed by atoms with Gasteiger partial charge in [-0.1, -0.05) is 18.2 Å². The average molecular weight is 311 g/mol. The summed E-state index contributed by atoms with van der Waals surface area (Å²) >= 11 is 0. The Morgan fingerprint density at radius 3 is 3.13 bits per heavy atom. The number of aromatic nitrogens is 2. The highest BCUT2D eigenvalue weighted by molar-refractivity contribution is 5.62. The Kier molecular flexibility index (Phi) is 3.89. The molecule has 120 valence electrons. The highest BCUT2D eigenvalue weighted by Crippen LogP contribution is 2.28. The molecule has 1 N–H and O–H groups in total. The van der Waals surface area contributed by atoms with Gasteiger partial charge in [-0.15, -0.1) is 0 Å². The molecule has 0 radical (unpaired) electrons. The molecule has 23 heavy (non-hydrogen) atoms. The Balaban J connectivity index is 1.54. The van der Waals surface area contributed by atoms with Crippen molar-refractivity contribution in [3.05, 3.63) is 53.1 Å². The predicted octanol–water partition coefficient (Wildman–Crippen LogP) is 2.57. The van der Waals surface area contributed by atoms with E-state index < -0.39 is 0 Å². The summed E-state index contributed by atoms with van der Waals surface area (Å²) in [6, 6.07) is 8.35. The summed E-state index contributed by atoms with van der Waals surface area (Å²) in [5, 5.41) is 0. The Bertz CT molecular complexity index is 723. The van der Waals surface area contributed by atoms with Crippen LogP contribution in [0.1, 0.15) is 23.1 Å². The number of aryl methyl sites for hydroxylation is 1. The topological polar surface area (TPSA) is 50.4 Å². The number of rotatable bonds is 3. The van der Waals surface area contributed by atoms with Crippen molar-refractivity contribution in [3.8, 4) is 5.75 Å². The number of hydrogen-bond acceptors (Lipinski definition) is 4. The van der Waals surface area contributed by atoms with Crippen LogP contribution in [0.25, 0.3) is 6.08 Å². The highest BCUT2D eigenvalue weighted by atomic mass is 16.5. The first-order valence-corrected chi connectivity index (χ1v) is 8.04. The van der Waals surface area contributed by atoms with Crippen molar-refractivity contribution >= 4 is 6.08 Å². The van der Waals surface area contributed by atoms with Crippen molar-refractivity contribution in [2.75, 3.05) is 32.9 Å². The van der Waals surface area contributed by atoms with E-state index in [1.165, 1.54) is 5.57 Å². The first-order valence-electron chi connectivity index (χ1n) is 8.04. The van der Waals surface area contributed by atoms with Gasteiger partial charge in [-0.05, 0) is 24.6 Å². The van der Waals surface area contributed by atoms with Crippen LogP contribution in [0.2, 0.25) is 0 Å². The first kappa shape index (κ1) is 14.5. The van der Waals surface area contributed by atoms with E-state index in [2.05, 4.69) is 27.0 Å². The zero-order chi connectivity index (χ0) is 15.6. The highest BCUT2D eigenvalue weighted by Gasteiger charge is 2.28. The van der Waals surface area contributed by atoms with Crippen LogP contribution in [-0.4, -0.2) is 47.8 Å². The lowest BCUT2D eigenvalue weighted by Crippen LogP contribution is -2.41. The number of benzene rings is 1. The van der Waals surface area contributed by atoms with Crippen molar-refractivity contribution in [1.29, 1.82) is 0 Å². The third kappa shape index (κ3) is 3.02. The molecule has 0 bridgehead atoms. The van der Waals surface area contributed by atoms with Crippen LogP contribution in [0.5, 0.6) is 5.75 Å². The van der Waals surface area contributed by atoms with Crippen LogP contribution < -0.4 is 4.74 Å². The summed E-state index contributed by atoms with van der Waals surface area (Å²) in [6.07, 6.45) is 4.13. The molecular formula is C18H21N3O2. The van der Waals surface area contributed by atoms with Gasteiger partial charge < -0.3 is 14.5 Å². The van der Waals surface area contributed by atoms with Crippen LogP contribution in [0.15, 0.2) is 36.0 Å². The number of morpholine rings is 1. The van der Waals surface area contributed by atoms with Gasteiger partial charge in [-0.25, -0.2) is 4.98 Å². The second kappa shape index (κ2) is 6.18. The zero-order valence-corrected chi connectivity index (χ0v) is 13.3. The number of nitrogens with one attached hydrogen (secondary N) is 1. The molecular weight excluding hydrogens is 290 g/mol. The van der Waals surface area contributed by atoms with Gasteiger partial charge in [0.15, 0.2) is 0 Å². The van der Waals surface area contributed by atoms with Gasteiger partial charge in [-0.3, -0.25) is 4.90 Å². The minimum atomic E-state index is 0.176. The van der Waals surface area contributed by atoms with E-state index in [1.54, 1.807) is 0 Å². The molecule has 1 saturated heterocycles. The van der Waals surface area contributed by atoms with E-state index in [0.717, 1.165) is 42.5 Å². The molecule has 0 spiro atoms. The molecule has 1 fully saturated rings. The van der Waals surface area contributed by atoms with Gasteiger partial charge in [0.2, 0.25) is 0 Å². The smallest absolute Gasteiger partial charge is 0.127 e. The van der Waals surface area contributed by atoms with Gasteiger partial charge in [0.05, 0.1) is 19.3 Å². The minimum Gasteiger partial charge on any atom is -0.489 e. The van der Waals surface area contributed by atoms with Gasteiger partial charge in [0.1, 0.15) is 18.2 Å². The molecule has 1 aromatic carbocycles. The number of ether oxygens (including phenoxy) is 2. The van der Waals surface area contributed by atoms with Crippen LogP contribution in [0.3, 0.4) is 0 Å². The molecule has 0 aliphatic carbocycles. The number of aromatic amines is 1. The van der Waals surface area contributed by atoms with Gasteiger partial charge in [-0.2, -0.15) is 0 Å². The Morgan fingerprint density at radius 1 is 1.35 bits per heavy atom. The molecule has 4 rings (SSSR count). The first-order chi connectivity index (χ1) is 11.3. The van der Waals surface area contributed by atoms with Crippen molar-refractivity contribution in [2.24, 2.45) is 0 Å². The van der Waals surface area contributed by atoms with Crippen molar-refractivity contribution < 1.29 is 9.47 Å². The average Bonchev–Trinajstić information content (AvgIpc) is 3.01. The molecule has 1 unspecified atom stereocenters. The van der Waals surface area contributed by atoms with E-state index >= 15 is 0 Å². The van der Waals surface area contributed by atoms with Crippen LogP contribution in [0.4, 0.5) is 0 Å². The van der Waals surface area contributed by atoms with E-state index in [1.807, 2.05) is 31.3 Å². The fraction of sp³-hybridized carbons (Fsp3) is 0.389. The molecule has 0 saturated carbocycles. The van der Waals surface area contributed by atoms with Crippen LogP contribution in [0, 0.1) is 6.92 Å². The number of nitrogens with zero attached hydrogens (tertiary/aromatic N) is 2. The maximum atomic E-state index is 5.87. The molecule has 2 aliphatic rings. The summed E-state index contributed by atoms with van der Waals surface area (Å²) < 4.78 is 11.5. The third-order valence-corrected chi connectivity index (χ3v) is 4.38. The second-order valence-electron chi connectivity index (χ2n) is 6.14. The fourth-order valence-corrected chi connectivity index (χ4v) is 3.20. The quantitative estimate of drug-likeness (QED) is 0.946. The van der Waals surface area contributed by atoms with Crippen molar-refractivity contribution in [3.63, 3.8) is 0 Å². The van der Waals surface area contributed by atoms with Crippen LogP contribution >= 0.6 is 0 Å². The normalized spacial score (nSPS) is 21.4.